The number of pyridine rings is 1. The van der Waals surface area contributed by atoms with Gasteiger partial charge in [-0.25, -0.2) is 14.2 Å². The Labute approximate surface area is 120 Å². The van der Waals surface area contributed by atoms with Crippen LogP contribution in [-0.4, -0.2) is 18.1 Å². The Balaban J connectivity index is 2.31. The molecule has 0 radical (unpaired) electrons. The number of ether oxygens (including phenoxy) is 1. The molecule has 1 unspecified atom stereocenters. The van der Waals surface area contributed by atoms with Gasteiger partial charge in [-0.15, -0.1) is 0 Å². The molecule has 0 aliphatic carbocycles. The molecule has 1 heterocycles. The highest BCUT2D eigenvalue weighted by Crippen LogP contribution is 2.23. The van der Waals surface area contributed by atoms with Gasteiger partial charge in [0.2, 0.25) is 0 Å². The summed E-state index contributed by atoms with van der Waals surface area (Å²) in [6, 6.07) is 9.13. The molecule has 104 valence electrons. The maximum absolute atomic E-state index is 13.7. The summed E-state index contributed by atoms with van der Waals surface area (Å²) >= 11 is 5.64. The van der Waals surface area contributed by atoms with Crippen LogP contribution in [0.5, 0.6) is 0 Å². The Morgan fingerprint density at radius 2 is 2.10 bits per heavy atom. The van der Waals surface area contributed by atoms with Gasteiger partial charge in [0, 0.05) is 6.20 Å². The van der Waals surface area contributed by atoms with Crippen LogP contribution in [0.3, 0.4) is 0 Å². The minimum absolute atomic E-state index is 0.0614. The molecule has 1 N–H and O–H groups in total. The zero-order chi connectivity index (χ0) is 14.5. The Bertz CT molecular complexity index is 607. The van der Waals surface area contributed by atoms with Crippen molar-refractivity contribution in [2.45, 2.75) is 6.04 Å². The molecule has 1 aromatic heterocycles. The van der Waals surface area contributed by atoms with Crippen LogP contribution in [0.4, 0.5) is 10.2 Å². The number of hydrogen-bond donors (Lipinski definition) is 1. The van der Waals surface area contributed by atoms with Crippen LogP contribution in [0.1, 0.15) is 11.6 Å². The first-order chi connectivity index (χ1) is 9.61. The molecule has 0 bridgehead atoms. The average molecular weight is 295 g/mol. The van der Waals surface area contributed by atoms with Crippen molar-refractivity contribution in [1.82, 2.24) is 4.98 Å². The zero-order valence-electron chi connectivity index (χ0n) is 10.6. The molecule has 2 aromatic rings. The molecule has 6 heteroatoms. The third-order valence-electron chi connectivity index (χ3n) is 2.66. The highest BCUT2D eigenvalue weighted by atomic mass is 35.5. The first kappa shape index (κ1) is 14.3. The van der Waals surface area contributed by atoms with Crippen molar-refractivity contribution in [2.24, 2.45) is 0 Å². The molecule has 20 heavy (non-hydrogen) atoms. The van der Waals surface area contributed by atoms with Gasteiger partial charge >= 0.3 is 5.97 Å². The maximum Gasteiger partial charge on any atom is 0.333 e. The lowest BCUT2D eigenvalue weighted by Crippen LogP contribution is -2.23. The molecule has 0 spiro atoms. The van der Waals surface area contributed by atoms with Gasteiger partial charge < -0.3 is 10.1 Å². The van der Waals surface area contributed by atoms with Crippen LogP contribution in [0, 0.1) is 5.82 Å². The van der Waals surface area contributed by atoms with Gasteiger partial charge in [-0.1, -0.05) is 41.9 Å². The summed E-state index contributed by atoms with van der Waals surface area (Å²) in [7, 11) is 1.27. The van der Waals surface area contributed by atoms with Gasteiger partial charge in [0.1, 0.15) is 0 Å². The van der Waals surface area contributed by atoms with E-state index in [4.69, 9.17) is 16.3 Å². The largest absolute Gasteiger partial charge is 0.467 e. The second-order valence-corrected chi connectivity index (χ2v) is 4.43. The number of nitrogens with zero attached hydrogens (tertiary/aromatic N) is 1. The van der Waals surface area contributed by atoms with Gasteiger partial charge in [-0.2, -0.15) is 0 Å². The summed E-state index contributed by atoms with van der Waals surface area (Å²) in [5.41, 5.74) is 0.649. The average Bonchev–Trinajstić information content (AvgIpc) is 2.46. The lowest BCUT2D eigenvalue weighted by molar-refractivity contribution is -0.141. The lowest BCUT2D eigenvalue weighted by Gasteiger charge is -2.17. The van der Waals surface area contributed by atoms with Crippen LogP contribution >= 0.6 is 11.6 Å². The molecule has 0 amide bonds. The van der Waals surface area contributed by atoms with Crippen LogP contribution in [0.15, 0.2) is 42.6 Å². The molecule has 0 aliphatic heterocycles. The van der Waals surface area contributed by atoms with Gasteiger partial charge in [-0.05, 0) is 11.6 Å². The molecular weight excluding hydrogens is 283 g/mol. The minimum Gasteiger partial charge on any atom is -0.467 e. The van der Waals surface area contributed by atoms with E-state index in [0.717, 1.165) is 6.07 Å². The van der Waals surface area contributed by atoms with Gasteiger partial charge in [-0.3, -0.25) is 0 Å². The van der Waals surface area contributed by atoms with Gasteiger partial charge in [0.15, 0.2) is 17.7 Å². The topological polar surface area (TPSA) is 51.2 Å². The molecule has 0 saturated heterocycles. The first-order valence-corrected chi connectivity index (χ1v) is 6.20. The van der Waals surface area contributed by atoms with E-state index in [-0.39, 0.29) is 10.8 Å². The zero-order valence-corrected chi connectivity index (χ0v) is 11.4. The SMILES string of the molecule is COC(=O)C(Nc1ncc(Cl)cc1F)c1ccccc1. The summed E-state index contributed by atoms with van der Waals surface area (Å²) in [4.78, 5) is 15.7. The van der Waals surface area contributed by atoms with E-state index in [1.165, 1.54) is 13.3 Å². The van der Waals surface area contributed by atoms with Gasteiger partial charge in [0.05, 0.1) is 12.1 Å². The number of esters is 1. The van der Waals surface area contributed by atoms with Crippen molar-refractivity contribution in [2.75, 3.05) is 12.4 Å². The molecular formula is C14H12ClFN2O2. The first-order valence-electron chi connectivity index (χ1n) is 5.82. The lowest BCUT2D eigenvalue weighted by atomic mass is 10.1. The molecule has 1 aromatic carbocycles. The van der Waals surface area contributed by atoms with E-state index in [1.54, 1.807) is 24.3 Å². The van der Waals surface area contributed by atoms with Crippen molar-refractivity contribution in [1.29, 1.82) is 0 Å². The fourth-order valence-electron chi connectivity index (χ4n) is 1.70. The molecule has 0 aliphatic rings. The maximum atomic E-state index is 13.7. The Morgan fingerprint density at radius 3 is 2.70 bits per heavy atom. The molecule has 0 fully saturated rings. The number of rotatable bonds is 4. The van der Waals surface area contributed by atoms with Crippen molar-refractivity contribution >= 4 is 23.4 Å². The molecule has 4 nitrogen and oxygen atoms in total. The summed E-state index contributed by atoms with van der Waals surface area (Å²) in [5, 5.41) is 2.90. The fraction of sp³-hybridized carbons (Fsp3) is 0.143. The quantitative estimate of drug-likeness (QED) is 0.880. The van der Waals surface area contributed by atoms with Crippen molar-refractivity contribution in [3.05, 3.63) is 59.0 Å². The second-order valence-electron chi connectivity index (χ2n) is 4.00. The monoisotopic (exact) mass is 294 g/mol. The molecule has 2 rings (SSSR count). The number of benzene rings is 1. The summed E-state index contributed by atoms with van der Waals surface area (Å²) < 4.78 is 18.5. The van der Waals surface area contributed by atoms with E-state index < -0.39 is 17.8 Å². The smallest absolute Gasteiger partial charge is 0.333 e. The van der Waals surface area contributed by atoms with Crippen LogP contribution in [-0.2, 0) is 9.53 Å². The number of halogens is 2. The number of carbonyl (C=O) groups excluding carboxylic acids is 1. The number of anilines is 1. The third-order valence-corrected chi connectivity index (χ3v) is 2.87. The summed E-state index contributed by atoms with van der Waals surface area (Å²) in [6.45, 7) is 0. The normalized spacial score (nSPS) is 11.8. The van der Waals surface area contributed by atoms with E-state index >= 15 is 0 Å². The number of hydrogen-bond acceptors (Lipinski definition) is 4. The van der Waals surface area contributed by atoms with E-state index in [2.05, 4.69) is 10.3 Å². The summed E-state index contributed by atoms with van der Waals surface area (Å²) in [5.74, 6) is -1.23. The van der Waals surface area contributed by atoms with E-state index in [1.807, 2.05) is 6.07 Å². The van der Waals surface area contributed by atoms with Crippen molar-refractivity contribution < 1.29 is 13.9 Å². The highest BCUT2D eigenvalue weighted by Gasteiger charge is 2.22. The van der Waals surface area contributed by atoms with E-state index in [9.17, 15) is 9.18 Å². The van der Waals surface area contributed by atoms with Gasteiger partial charge in [0.25, 0.3) is 0 Å². The van der Waals surface area contributed by atoms with E-state index in [0.29, 0.717) is 5.56 Å². The van der Waals surface area contributed by atoms with Crippen LogP contribution in [0.2, 0.25) is 5.02 Å². The summed E-state index contributed by atoms with van der Waals surface area (Å²) in [6.07, 6.45) is 1.30. The predicted octanol–water partition coefficient (Wildman–Crippen LogP) is 3.20. The number of carbonyl (C=O) groups is 1. The Kier molecular flexibility index (Phi) is 4.53. The minimum atomic E-state index is -0.843. The number of nitrogens with one attached hydrogen (secondary N) is 1. The molecule has 0 saturated carbocycles. The van der Waals surface area contributed by atoms with Crippen LogP contribution < -0.4 is 5.32 Å². The Morgan fingerprint density at radius 1 is 1.40 bits per heavy atom. The fourth-order valence-corrected chi connectivity index (χ4v) is 1.84. The van der Waals surface area contributed by atoms with Crippen molar-refractivity contribution in [3.8, 4) is 0 Å². The standard InChI is InChI=1S/C14H12ClFN2O2/c1-20-14(19)12(9-5-3-2-4-6-9)18-13-11(16)7-10(15)8-17-13/h2-8,12H,1H3,(H,17,18). The number of methoxy groups -OCH3 is 1. The Hall–Kier alpha value is -2.14. The second kappa shape index (κ2) is 6.34. The highest BCUT2D eigenvalue weighted by molar-refractivity contribution is 6.30. The third kappa shape index (κ3) is 3.24. The predicted molar refractivity (Wildman–Crippen MR) is 74.0 cm³/mol. The molecule has 1 atom stereocenters. The van der Waals surface area contributed by atoms with Crippen molar-refractivity contribution in [3.63, 3.8) is 0 Å². The van der Waals surface area contributed by atoms with Crippen LogP contribution in [0.25, 0.3) is 0 Å². The number of aromatic nitrogens is 1.